The molecular formula is C35H60O6. The molecule has 4 fully saturated rings. The average Bonchev–Trinajstić information content (AvgIpc) is 3.30. The molecule has 0 aromatic rings. The van der Waals surface area contributed by atoms with Gasteiger partial charge in [-0.05, 0) is 110 Å². The van der Waals surface area contributed by atoms with Crippen LogP contribution in [-0.2, 0) is 9.47 Å². The number of ether oxygens (including phenoxy) is 2. The van der Waals surface area contributed by atoms with E-state index in [0.29, 0.717) is 5.41 Å². The quantitative estimate of drug-likeness (QED) is 0.257. The molecule has 0 aromatic heterocycles. The minimum atomic E-state index is -1.40. The Morgan fingerprint density at radius 2 is 1.71 bits per heavy atom. The first-order valence-corrected chi connectivity index (χ1v) is 17.1. The molecule has 14 atom stereocenters. The fraction of sp³-hybridized carbons (Fsp3) is 0.943. The number of aliphatic hydroxyl groups excluding tert-OH is 4. The van der Waals surface area contributed by atoms with Gasteiger partial charge in [0.25, 0.3) is 0 Å². The van der Waals surface area contributed by atoms with E-state index in [-0.39, 0.29) is 11.5 Å². The highest BCUT2D eigenvalue weighted by atomic mass is 16.7. The van der Waals surface area contributed by atoms with Crippen molar-refractivity contribution >= 4 is 0 Å². The number of allylic oxidation sites excluding steroid dienone is 1. The molecule has 1 heterocycles. The molecule has 236 valence electrons. The van der Waals surface area contributed by atoms with E-state index in [4.69, 9.17) is 9.47 Å². The van der Waals surface area contributed by atoms with Crippen LogP contribution in [-0.4, -0.2) is 63.8 Å². The van der Waals surface area contributed by atoms with E-state index in [1.165, 1.54) is 56.9 Å². The second-order valence-electron chi connectivity index (χ2n) is 15.7. The van der Waals surface area contributed by atoms with Crippen LogP contribution >= 0.6 is 0 Å². The molecule has 1 saturated heterocycles. The van der Waals surface area contributed by atoms with Gasteiger partial charge >= 0.3 is 0 Å². The van der Waals surface area contributed by atoms with Gasteiger partial charge in [-0.25, -0.2) is 0 Å². The number of hydrogen-bond donors (Lipinski definition) is 4. The van der Waals surface area contributed by atoms with Gasteiger partial charge in [0.05, 0.1) is 12.7 Å². The second kappa shape index (κ2) is 12.5. The van der Waals surface area contributed by atoms with Crippen molar-refractivity contribution in [2.45, 2.75) is 149 Å². The SMILES string of the molecule is CC[C@H](CCC(C)[C@H]1CC[C@H]2C3CC=C4C[C@@H](O[C@@H]5O[C@H](CO)[C@@H](O)[C@H](O)[C@H]5O)CC[C@]4(C)[C@H]3CC[C@]12C)C(C)C. The van der Waals surface area contributed by atoms with Crippen LogP contribution in [0.15, 0.2) is 11.6 Å². The van der Waals surface area contributed by atoms with Gasteiger partial charge in [0, 0.05) is 0 Å². The van der Waals surface area contributed by atoms with E-state index in [1.54, 1.807) is 0 Å². The van der Waals surface area contributed by atoms with Gasteiger partial charge in [-0.15, -0.1) is 0 Å². The van der Waals surface area contributed by atoms with Crippen molar-refractivity contribution in [1.29, 1.82) is 0 Å². The van der Waals surface area contributed by atoms with Gasteiger partial charge in [0.15, 0.2) is 6.29 Å². The summed E-state index contributed by atoms with van der Waals surface area (Å²) in [4.78, 5) is 0. The van der Waals surface area contributed by atoms with Crippen LogP contribution in [0, 0.1) is 52.3 Å². The van der Waals surface area contributed by atoms with Gasteiger partial charge in [-0.1, -0.05) is 66.0 Å². The Balaban J connectivity index is 1.24. The number of aliphatic hydroxyl groups is 4. The Morgan fingerprint density at radius 3 is 2.39 bits per heavy atom. The van der Waals surface area contributed by atoms with E-state index in [0.717, 1.165) is 60.7 Å². The predicted octanol–water partition coefficient (Wildman–Crippen LogP) is 5.85. The molecule has 4 N–H and O–H groups in total. The average molecular weight is 577 g/mol. The molecule has 6 heteroatoms. The molecule has 1 aliphatic heterocycles. The normalized spacial score (nSPS) is 47.7. The summed E-state index contributed by atoms with van der Waals surface area (Å²) in [5.41, 5.74) is 2.19. The molecule has 6 nitrogen and oxygen atoms in total. The minimum absolute atomic E-state index is 0.101. The van der Waals surface area contributed by atoms with Gasteiger partial charge in [0.1, 0.15) is 24.4 Å². The summed E-state index contributed by atoms with van der Waals surface area (Å²) < 4.78 is 11.9. The summed E-state index contributed by atoms with van der Waals surface area (Å²) in [7, 11) is 0. The molecule has 0 radical (unpaired) electrons. The Morgan fingerprint density at radius 1 is 0.951 bits per heavy atom. The van der Waals surface area contributed by atoms with Crippen molar-refractivity contribution in [3.8, 4) is 0 Å². The van der Waals surface area contributed by atoms with E-state index in [9.17, 15) is 20.4 Å². The Labute approximate surface area is 249 Å². The van der Waals surface area contributed by atoms with Gasteiger partial charge in [0.2, 0.25) is 0 Å². The Bertz CT molecular complexity index is 918. The summed E-state index contributed by atoms with van der Waals surface area (Å²) in [5, 5.41) is 40.4. The lowest BCUT2D eigenvalue weighted by Crippen LogP contribution is -2.60. The Hall–Kier alpha value is -0.500. The lowest BCUT2D eigenvalue weighted by molar-refractivity contribution is -0.313. The van der Waals surface area contributed by atoms with Crippen molar-refractivity contribution < 1.29 is 29.9 Å². The molecule has 3 saturated carbocycles. The summed E-state index contributed by atoms with van der Waals surface area (Å²) >= 11 is 0. The molecule has 0 aromatic carbocycles. The van der Waals surface area contributed by atoms with Crippen molar-refractivity contribution in [3.05, 3.63) is 11.6 Å². The summed E-state index contributed by atoms with van der Waals surface area (Å²) in [6.45, 7) is 14.5. The zero-order valence-electron chi connectivity index (χ0n) is 26.7. The fourth-order valence-corrected chi connectivity index (χ4v) is 10.8. The molecule has 5 rings (SSSR count). The van der Waals surface area contributed by atoms with Crippen molar-refractivity contribution in [1.82, 2.24) is 0 Å². The molecule has 0 spiro atoms. The molecule has 2 unspecified atom stereocenters. The maximum absolute atomic E-state index is 10.5. The highest BCUT2D eigenvalue weighted by molar-refractivity contribution is 5.25. The summed E-state index contributed by atoms with van der Waals surface area (Å²) in [5.74, 6) is 5.66. The third-order valence-electron chi connectivity index (χ3n) is 13.5. The highest BCUT2D eigenvalue weighted by Crippen LogP contribution is 2.67. The van der Waals surface area contributed by atoms with Crippen LogP contribution in [0.5, 0.6) is 0 Å². The fourth-order valence-electron chi connectivity index (χ4n) is 10.8. The van der Waals surface area contributed by atoms with Crippen molar-refractivity contribution in [3.63, 3.8) is 0 Å². The minimum Gasteiger partial charge on any atom is -0.394 e. The topological polar surface area (TPSA) is 99.4 Å². The zero-order valence-corrected chi connectivity index (χ0v) is 26.7. The van der Waals surface area contributed by atoms with Gasteiger partial charge in [-0.3, -0.25) is 0 Å². The lowest BCUT2D eigenvalue weighted by atomic mass is 9.47. The number of hydrogen-bond acceptors (Lipinski definition) is 6. The smallest absolute Gasteiger partial charge is 0.186 e. The van der Waals surface area contributed by atoms with Crippen LogP contribution in [0.25, 0.3) is 0 Å². The van der Waals surface area contributed by atoms with Crippen LogP contribution in [0.1, 0.15) is 112 Å². The first kappa shape index (κ1) is 31.9. The second-order valence-corrected chi connectivity index (χ2v) is 15.7. The first-order valence-electron chi connectivity index (χ1n) is 17.1. The molecule has 4 aliphatic carbocycles. The van der Waals surface area contributed by atoms with Gasteiger partial charge in [-0.2, -0.15) is 0 Å². The molecular weight excluding hydrogens is 516 g/mol. The predicted molar refractivity (Wildman–Crippen MR) is 161 cm³/mol. The first-order chi connectivity index (χ1) is 19.4. The lowest BCUT2D eigenvalue weighted by Gasteiger charge is -2.58. The maximum atomic E-state index is 10.5. The third kappa shape index (κ3) is 5.73. The number of fused-ring (bicyclic) bond motifs is 5. The molecule has 5 aliphatic rings. The van der Waals surface area contributed by atoms with E-state index in [2.05, 4.69) is 47.6 Å². The molecule has 0 amide bonds. The van der Waals surface area contributed by atoms with Crippen molar-refractivity contribution in [2.24, 2.45) is 52.3 Å². The standard InChI is InChI=1S/C35H60O6/c1-7-22(20(2)3)9-8-21(4)26-12-13-27-25-11-10-23-18-24(14-16-34(23,5)28(25)15-17-35(26,27)6)40-33-32(39)31(38)30(37)29(19-36)41-33/h10,20-22,24-33,36-39H,7-9,11-19H2,1-6H3/t21?,22-,24+,25?,26-,27+,28+,29-,30-,31+,32-,33-,34+,35-/m1/s1. The maximum Gasteiger partial charge on any atom is 0.186 e. The highest BCUT2D eigenvalue weighted by Gasteiger charge is 2.59. The Kier molecular flexibility index (Phi) is 9.71. The molecule has 41 heavy (non-hydrogen) atoms. The monoisotopic (exact) mass is 576 g/mol. The zero-order chi connectivity index (χ0) is 29.7. The van der Waals surface area contributed by atoms with Crippen LogP contribution in [0.3, 0.4) is 0 Å². The molecule has 0 bridgehead atoms. The largest absolute Gasteiger partial charge is 0.394 e. The van der Waals surface area contributed by atoms with Crippen LogP contribution < -0.4 is 0 Å². The van der Waals surface area contributed by atoms with Gasteiger partial charge < -0.3 is 29.9 Å². The third-order valence-corrected chi connectivity index (χ3v) is 13.5. The number of rotatable bonds is 9. The van der Waals surface area contributed by atoms with E-state index in [1.807, 2.05) is 0 Å². The summed E-state index contributed by atoms with van der Waals surface area (Å²) in [6.07, 6.45) is 9.92. The summed E-state index contributed by atoms with van der Waals surface area (Å²) in [6, 6.07) is 0. The van der Waals surface area contributed by atoms with E-state index < -0.39 is 37.3 Å². The van der Waals surface area contributed by atoms with E-state index >= 15 is 0 Å². The van der Waals surface area contributed by atoms with Crippen molar-refractivity contribution in [2.75, 3.05) is 6.61 Å². The van der Waals surface area contributed by atoms with Crippen LogP contribution in [0.4, 0.5) is 0 Å². The van der Waals surface area contributed by atoms with Crippen LogP contribution in [0.2, 0.25) is 0 Å².